The summed E-state index contributed by atoms with van der Waals surface area (Å²) < 4.78 is 9.98. The molecule has 0 spiro atoms. The van der Waals surface area contributed by atoms with Gasteiger partial charge in [0.25, 0.3) is 0 Å². The van der Waals surface area contributed by atoms with Crippen LogP contribution in [0, 0.1) is 0 Å². The molecule has 2 rings (SSSR count). The van der Waals surface area contributed by atoms with Gasteiger partial charge in [-0.05, 0) is 35.9 Å². The van der Waals surface area contributed by atoms with E-state index in [9.17, 15) is 4.79 Å². The summed E-state index contributed by atoms with van der Waals surface area (Å²) in [5, 5.41) is 0.385. The van der Waals surface area contributed by atoms with Gasteiger partial charge in [-0.2, -0.15) is 0 Å². The lowest BCUT2D eigenvalue weighted by Crippen LogP contribution is -2.12. The number of ether oxygens (including phenoxy) is 2. The number of nitrogens with two attached hydrogens (primary N) is 1. The molecule has 0 fully saturated rings. The molecule has 0 saturated heterocycles. The molecule has 138 valence electrons. The van der Waals surface area contributed by atoms with Crippen molar-refractivity contribution in [2.24, 2.45) is 10.7 Å². The van der Waals surface area contributed by atoms with Gasteiger partial charge < -0.3 is 15.2 Å². The minimum atomic E-state index is -0.393. The fourth-order valence-corrected chi connectivity index (χ4v) is 2.68. The molecule has 2 N–H and O–H groups in total. The third-order valence-corrected chi connectivity index (χ3v) is 4.12. The molecule has 0 heterocycles. The molecule has 5 nitrogen and oxygen atoms in total. The first-order valence-electron chi connectivity index (χ1n) is 7.57. The molecular formula is C19H21BrN2O3S. The van der Waals surface area contributed by atoms with Crippen molar-refractivity contribution in [1.82, 2.24) is 0 Å². The molecule has 0 aromatic heterocycles. The largest absolute Gasteiger partial charge is 0.497 e. The van der Waals surface area contributed by atoms with Crippen molar-refractivity contribution in [3.8, 4) is 5.75 Å². The number of para-hydroxylation sites is 1. The summed E-state index contributed by atoms with van der Waals surface area (Å²) in [5.41, 5.74) is 8.09. The maximum atomic E-state index is 12.0. The first-order valence-corrected chi connectivity index (χ1v) is 8.56. The molecule has 2 aromatic carbocycles. The molecular weight excluding hydrogens is 416 g/mol. The zero-order chi connectivity index (χ0) is 18.1. The summed E-state index contributed by atoms with van der Waals surface area (Å²) in [6.07, 6.45) is 1.77. The van der Waals surface area contributed by atoms with Gasteiger partial charge in [0.1, 0.15) is 5.75 Å². The van der Waals surface area contributed by atoms with Crippen molar-refractivity contribution < 1.29 is 14.3 Å². The summed E-state index contributed by atoms with van der Waals surface area (Å²) >= 11 is 1.28. The summed E-state index contributed by atoms with van der Waals surface area (Å²) in [4.78, 5) is 16.3. The van der Waals surface area contributed by atoms with E-state index in [1.54, 1.807) is 13.2 Å². The van der Waals surface area contributed by atoms with Crippen molar-refractivity contribution >= 4 is 51.6 Å². The molecule has 0 aliphatic rings. The van der Waals surface area contributed by atoms with Gasteiger partial charge in [-0.25, -0.2) is 9.79 Å². The second-order valence-electron chi connectivity index (χ2n) is 5.01. The summed E-state index contributed by atoms with van der Waals surface area (Å²) in [5.74, 6) is 0.724. The van der Waals surface area contributed by atoms with Crippen LogP contribution >= 0.6 is 28.7 Å². The van der Waals surface area contributed by atoms with Gasteiger partial charge in [0, 0.05) is 11.3 Å². The number of esters is 1. The number of carbonyl (C=O) groups is 1. The van der Waals surface area contributed by atoms with E-state index in [0.717, 1.165) is 17.0 Å². The number of halogens is 1. The Hall–Kier alpha value is -2.25. The fourth-order valence-electron chi connectivity index (χ4n) is 2.01. The number of methoxy groups -OCH3 is 2. The number of benzene rings is 2. The predicted octanol–water partition coefficient (Wildman–Crippen LogP) is 4.21. The third-order valence-electron chi connectivity index (χ3n) is 3.28. The monoisotopic (exact) mass is 436 g/mol. The van der Waals surface area contributed by atoms with Crippen molar-refractivity contribution in [3.63, 3.8) is 0 Å². The number of thioether (sulfide) groups is 1. The second-order valence-corrected chi connectivity index (χ2v) is 6.00. The molecule has 0 saturated carbocycles. The van der Waals surface area contributed by atoms with Gasteiger partial charge in [0.15, 0.2) is 5.17 Å². The van der Waals surface area contributed by atoms with Crippen molar-refractivity contribution in [2.75, 3.05) is 20.0 Å². The Morgan fingerprint density at radius 3 is 2.35 bits per heavy atom. The van der Waals surface area contributed by atoms with Crippen molar-refractivity contribution in [1.29, 1.82) is 0 Å². The fraction of sp³-hybridized carbons (Fsp3) is 0.158. The Morgan fingerprint density at radius 2 is 1.77 bits per heavy atom. The van der Waals surface area contributed by atoms with E-state index >= 15 is 0 Å². The second kappa shape index (κ2) is 11.4. The molecule has 0 aliphatic carbocycles. The van der Waals surface area contributed by atoms with Gasteiger partial charge in [-0.3, -0.25) is 0 Å². The highest BCUT2D eigenvalue weighted by molar-refractivity contribution is 8.93. The van der Waals surface area contributed by atoms with Crippen LogP contribution < -0.4 is 10.5 Å². The summed E-state index contributed by atoms with van der Waals surface area (Å²) in [6, 6.07) is 16.8. The Labute approximate surface area is 168 Å². The van der Waals surface area contributed by atoms with Crippen LogP contribution in [-0.2, 0) is 9.53 Å². The molecule has 0 aliphatic heterocycles. The maximum absolute atomic E-state index is 12.0. The summed E-state index contributed by atoms with van der Waals surface area (Å²) in [7, 11) is 2.96. The highest BCUT2D eigenvalue weighted by Crippen LogP contribution is 2.19. The lowest BCUT2D eigenvalue weighted by atomic mass is 10.1. The van der Waals surface area contributed by atoms with Crippen LogP contribution in [0.25, 0.3) is 6.08 Å². The van der Waals surface area contributed by atoms with E-state index in [1.165, 1.54) is 18.9 Å². The molecule has 7 heteroatoms. The van der Waals surface area contributed by atoms with Crippen LogP contribution in [0.15, 0.2) is 65.2 Å². The maximum Gasteiger partial charge on any atom is 0.334 e. The normalized spacial score (nSPS) is 11.5. The van der Waals surface area contributed by atoms with Gasteiger partial charge in [-0.1, -0.05) is 42.1 Å². The standard InChI is InChI=1S/C19H20N2O3S.BrH/c1-23-17-10-8-14(9-11-17)12-15(18(22)24-2)13-25-19(20)21-16-6-4-3-5-7-16;/h3-12H,13H2,1-2H3,(H2,20,21);1H/b15-12+;. The molecule has 0 atom stereocenters. The van der Waals surface area contributed by atoms with Crippen LogP contribution in [0.2, 0.25) is 0 Å². The van der Waals surface area contributed by atoms with Crippen LogP contribution in [0.3, 0.4) is 0 Å². The van der Waals surface area contributed by atoms with E-state index in [0.29, 0.717) is 16.5 Å². The molecule has 0 bridgehead atoms. The highest BCUT2D eigenvalue weighted by Gasteiger charge is 2.11. The number of carbonyl (C=O) groups excluding carboxylic acids is 1. The number of hydrogen-bond acceptors (Lipinski definition) is 5. The van der Waals surface area contributed by atoms with Crippen molar-refractivity contribution in [3.05, 3.63) is 65.7 Å². The van der Waals surface area contributed by atoms with E-state index in [4.69, 9.17) is 15.2 Å². The van der Waals surface area contributed by atoms with Crippen LogP contribution in [0.4, 0.5) is 5.69 Å². The Kier molecular flexibility index (Phi) is 9.54. The number of aliphatic imine (C=N–C) groups is 1. The molecule has 0 radical (unpaired) electrons. The number of hydrogen-bond donors (Lipinski definition) is 1. The van der Waals surface area contributed by atoms with Crippen LogP contribution in [0.5, 0.6) is 5.75 Å². The molecule has 0 amide bonds. The Balaban J connectivity index is 0.00000338. The van der Waals surface area contributed by atoms with Crippen LogP contribution in [0.1, 0.15) is 5.56 Å². The molecule has 0 unspecified atom stereocenters. The number of rotatable bonds is 6. The van der Waals surface area contributed by atoms with Crippen LogP contribution in [-0.4, -0.2) is 31.1 Å². The molecule has 2 aromatic rings. The van der Waals surface area contributed by atoms with E-state index in [1.807, 2.05) is 54.6 Å². The smallest absolute Gasteiger partial charge is 0.334 e. The number of nitrogens with zero attached hydrogens (tertiary/aromatic N) is 1. The first-order chi connectivity index (χ1) is 12.1. The predicted molar refractivity (Wildman–Crippen MR) is 113 cm³/mol. The topological polar surface area (TPSA) is 73.9 Å². The van der Waals surface area contributed by atoms with Gasteiger partial charge >= 0.3 is 5.97 Å². The average molecular weight is 437 g/mol. The molecule has 26 heavy (non-hydrogen) atoms. The van der Waals surface area contributed by atoms with Gasteiger partial charge in [0.05, 0.1) is 19.9 Å². The quantitative estimate of drug-likeness (QED) is 0.317. The minimum Gasteiger partial charge on any atom is -0.497 e. The summed E-state index contributed by atoms with van der Waals surface area (Å²) in [6.45, 7) is 0. The lowest BCUT2D eigenvalue weighted by Gasteiger charge is -2.06. The first kappa shape index (κ1) is 21.8. The van der Waals surface area contributed by atoms with Gasteiger partial charge in [0.2, 0.25) is 0 Å². The zero-order valence-electron chi connectivity index (χ0n) is 14.5. The Bertz CT molecular complexity index is 762. The zero-order valence-corrected chi connectivity index (χ0v) is 17.1. The number of amidine groups is 1. The average Bonchev–Trinajstić information content (AvgIpc) is 2.65. The van der Waals surface area contributed by atoms with Gasteiger partial charge in [-0.15, -0.1) is 17.0 Å². The lowest BCUT2D eigenvalue weighted by molar-refractivity contribution is -0.135. The van der Waals surface area contributed by atoms with Crippen molar-refractivity contribution in [2.45, 2.75) is 0 Å². The Morgan fingerprint density at radius 1 is 1.12 bits per heavy atom. The SMILES string of the molecule is Br.COC(=O)/C(=C/c1ccc(OC)cc1)CSC(N)=Nc1ccccc1. The van der Waals surface area contributed by atoms with E-state index < -0.39 is 5.97 Å². The highest BCUT2D eigenvalue weighted by atomic mass is 79.9. The minimum absolute atomic E-state index is 0. The third kappa shape index (κ3) is 6.93. The van der Waals surface area contributed by atoms with E-state index in [-0.39, 0.29) is 17.0 Å². The van der Waals surface area contributed by atoms with E-state index in [2.05, 4.69) is 4.99 Å².